The molecule has 1 aliphatic carbocycles. The molecule has 0 saturated heterocycles. The Kier molecular flexibility index (Phi) is 5.50. The van der Waals surface area contributed by atoms with E-state index in [1.807, 2.05) is 42.5 Å². The number of ketones is 1. The first-order valence-electron chi connectivity index (χ1n) is 10.9. The number of benzene rings is 3. The first kappa shape index (κ1) is 21.1. The minimum absolute atomic E-state index is 0.00249. The molecule has 6 heteroatoms. The highest BCUT2D eigenvalue weighted by Gasteiger charge is 2.36. The molecule has 0 saturated carbocycles. The summed E-state index contributed by atoms with van der Waals surface area (Å²) in [5.41, 5.74) is 5.28. The molecule has 2 N–H and O–H groups in total. The lowest BCUT2D eigenvalue weighted by Gasteiger charge is -2.30. The van der Waals surface area contributed by atoms with Crippen LogP contribution < -0.4 is 20.1 Å². The van der Waals surface area contributed by atoms with E-state index in [9.17, 15) is 9.18 Å². The topological polar surface area (TPSA) is 59.6 Å². The quantitative estimate of drug-likeness (QED) is 0.531. The van der Waals surface area contributed by atoms with Crippen molar-refractivity contribution >= 4 is 17.2 Å². The highest BCUT2D eigenvalue weighted by molar-refractivity contribution is 6.01. The van der Waals surface area contributed by atoms with Crippen LogP contribution in [0.25, 0.3) is 0 Å². The molecule has 2 aliphatic rings. The van der Waals surface area contributed by atoms with Crippen molar-refractivity contribution in [2.45, 2.75) is 24.8 Å². The van der Waals surface area contributed by atoms with Gasteiger partial charge < -0.3 is 20.1 Å². The van der Waals surface area contributed by atoms with Gasteiger partial charge in [0.25, 0.3) is 0 Å². The maximum Gasteiger partial charge on any atom is 0.163 e. The van der Waals surface area contributed by atoms with E-state index in [2.05, 4.69) is 10.6 Å². The Labute approximate surface area is 192 Å². The summed E-state index contributed by atoms with van der Waals surface area (Å²) in [4.78, 5) is 13.6. The van der Waals surface area contributed by atoms with Gasteiger partial charge in [0.05, 0.1) is 31.6 Å². The largest absolute Gasteiger partial charge is 0.493 e. The number of carbonyl (C=O) groups excluding carboxylic acids is 1. The Bertz CT molecular complexity index is 1240. The molecule has 0 radical (unpaired) electrons. The summed E-state index contributed by atoms with van der Waals surface area (Å²) >= 11 is 0. The summed E-state index contributed by atoms with van der Waals surface area (Å²) in [7, 11) is 3.21. The molecule has 33 heavy (non-hydrogen) atoms. The summed E-state index contributed by atoms with van der Waals surface area (Å²) in [6, 6.07) is 19.7. The first-order valence-corrected chi connectivity index (χ1v) is 10.9. The second-order valence-electron chi connectivity index (χ2n) is 8.33. The molecule has 168 valence electrons. The zero-order valence-electron chi connectivity index (χ0n) is 18.5. The number of para-hydroxylation sites is 2. The lowest BCUT2D eigenvalue weighted by atomic mass is 9.78. The Morgan fingerprint density at radius 1 is 0.848 bits per heavy atom. The minimum atomic E-state index is -0.365. The van der Waals surface area contributed by atoms with Gasteiger partial charge >= 0.3 is 0 Å². The number of allylic oxidation sites excluding steroid dienone is 1. The van der Waals surface area contributed by atoms with E-state index in [4.69, 9.17) is 9.47 Å². The number of nitrogens with one attached hydrogen (secondary N) is 2. The van der Waals surface area contributed by atoms with Gasteiger partial charge in [-0.15, -0.1) is 0 Å². The van der Waals surface area contributed by atoms with E-state index in [1.165, 1.54) is 12.1 Å². The average molecular weight is 445 g/mol. The first-order chi connectivity index (χ1) is 16.1. The zero-order chi connectivity index (χ0) is 22.9. The fourth-order valence-corrected chi connectivity index (χ4v) is 4.74. The van der Waals surface area contributed by atoms with Crippen LogP contribution in [0, 0.1) is 5.82 Å². The third-order valence-corrected chi connectivity index (χ3v) is 6.39. The number of halogens is 1. The van der Waals surface area contributed by atoms with Crippen molar-refractivity contribution in [3.8, 4) is 11.5 Å². The molecular formula is C27H25FN2O3. The maximum absolute atomic E-state index is 13.6. The molecule has 0 fully saturated rings. The van der Waals surface area contributed by atoms with Crippen molar-refractivity contribution in [3.05, 3.63) is 94.9 Å². The van der Waals surface area contributed by atoms with Gasteiger partial charge in [0.1, 0.15) is 5.82 Å². The molecule has 0 amide bonds. The van der Waals surface area contributed by atoms with E-state index in [0.717, 1.165) is 28.2 Å². The molecule has 0 bridgehead atoms. The van der Waals surface area contributed by atoms with E-state index < -0.39 is 0 Å². The van der Waals surface area contributed by atoms with Gasteiger partial charge in [-0.25, -0.2) is 4.39 Å². The third-order valence-electron chi connectivity index (χ3n) is 6.39. The van der Waals surface area contributed by atoms with E-state index in [0.29, 0.717) is 29.9 Å². The monoisotopic (exact) mass is 444 g/mol. The number of fused-ring (bicyclic) bond motifs is 1. The van der Waals surface area contributed by atoms with Crippen LogP contribution in [0.15, 0.2) is 78.0 Å². The summed E-state index contributed by atoms with van der Waals surface area (Å²) < 4.78 is 24.4. The van der Waals surface area contributed by atoms with Gasteiger partial charge in [0.2, 0.25) is 0 Å². The van der Waals surface area contributed by atoms with Gasteiger partial charge in [0.15, 0.2) is 17.3 Å². The Morgan fingerprint density at radius 3 is 2.27 bits per heavy atom. The number of anilines is 2. The van der Waals surface area contributed by atoms with Crippen molar-refractivity contribution in [1.29, 1.82) is 0 Å². The van der Waals surface area contributed by atoms with Gasteiger partial charge in [0, 0.05) is 17.7 Å². The van der Waals surface area contributed by atoms with E-state index in [-0.39, 0.29) is 23.6 Å². The molecule has 5 rings (SSSR count). The van der Waals surface area contributed by atoms with Gasteiger partial charge in [-0.05, 0) is 59.9 Å². The van der Waals surface area contributed by atoms with Crippen molar-refractivity contribution < 1.29 is 18.7 Å². The van der Waals surface area contributed by atoms with Crippen molar-refractivity contribution in [1.82, 2.24) is 0 Å². The van der Waals surface area contributed by atoms with Crippen molar-refractivity contribution in [2.75, 3.05) is 24.9 Å². The second kappa shape index (κ2) is 8.62. The minimum Gasteiger partial charge on any atom is -0.493 e. The predicted molar refractivity (Wildman–Crippen MR) is 126 cm³/mol. The summed E-state index contributed by atoms with van der Waals surface area (Å²) in [6.45, 7) is 0. The number of methoxy groups -OCH3 is 2. The van der Waals surface area contributed by atoms with Crippen LogP contribution in [0.3, 0.4) is 0 Å². The van der Waals surface area contributed by atoms with Crippen LogP contribution in [-0.4, -0.2) is 20.0 Å². The molecule has 1 heterocycles. The van der Waals surface area contributed by atoms with Crippen LogP contribution in [0.1, 0.15) is 35.9 Å². The van der Waals surface area contributed by atoms with Crippen LogP contribution in [0.2, 0.25) is 0 Å². The average Bonchev–Trinajstić information content (AvgIpc) is 3.01. The second-order valence-corrected chi connectivity index (χ2v) is 8.33. The third kappa shape index (κ3) is 3.93. The number of ether oxygens (including phenoxy) is 2. The number of rotatable bonds is 4. The van der Waals surface area contributed by atoms with Crippen molar-refractivity contribution in [3.63, 3.8) is 0 Å². The molecule has 5 nitrogen and oxygen atoms in total. The van der Waals surface area contributed by atoms with Crippen LogP contribution in [0.4, 0.5) is 15.8 Å². The molecule has 3 aromatic rings. The van der Waals surface area contributed by atoms with Gasteiger partial charge in [-0.2, -0.15) is 0 Å². The predicted octanol–water partition coefficient (Wildman–Crippen LogP) is 5.82. The highest BCUT2D eigenvalue weighted by Crippen LogP contribution is 2.45. The van der Waals surface area contributed by atoms with Gasteiger partial charge in [-0.1, -0.05) is 30.3 Å². The molecule has 1 aliphatic heterocycles. The van der Waals surface area contributed by atoms with E-state index in [1.54, 1.807) is 26.4 Å². The SMILES string of the molecule is COc1ccc([C@@H]2CC(=O)C3=C(C2)Nc2ccccc2N[C@@H]3c2ccc(F)cc2)cc1OC. The number of hydrogen-bond donors (Lipinski definition) is 2. The summed E-state index contributed by atoms with van der Waals surface area (Å²) in [6.07, 6.45) is 1.05. The number of Topliss-reactive ketones (excluding diaryl/α,β-unsaturated/α-hetero) is 1. The normalized spacial score (nSPS) is 19.5. The lowest BCUT2D eigenvalue weighted by molar-refractivity contribution is -0.116. The fourth-order valence-electron chi connectivity index (χ4n) is 4.74. The number of carbonyl (C=O) groups is 1. The molecule has 0 spiro atoms. The summed E-state index contributed by atoms with van der Waals surface area (Å²) in [5, 5.41) is 7.03. The molecule has 2 atom stereocenters. The number of hydrogen-bond acceptors (Lipinski definition) is 5. The Balaban J connectivity index is 1.57. The van der Waals surface area contributed by atoms with E-state index >= 15 is 0 Å². The molecule has 0 unspecified atom stereocenters. The van der Waals surface area contributed by atoms with Crippen LogP contribution >= 0.6 is 0 Å². The zero-order valence-corrected chi connectivity index (χ0v) is 18.5. The lowest BCUT2D eigenvalue weighted by Crippen LogP contribution is -2.26. The standard InChI is InChI=1S/C27H25FN2O3/c1-32-24-12-9-17(15-25(24)33-2)18-13-22-26(23(31)14-18)27(16-7-10-19(28)11-8-16)30-21-6-4-3-5-20(21)29-22/h3-12,15,18,27,29-30H,13-14H2,1-2H3/t18-,27+/m0/s1. The molecule has 3 aromatic carbocycles. The molecular weight excluding hydrogens is 419 g/mol. The maximum atomic E-state index is 13.6. The van der Waals surface area contributed by atoms with Crippen LogP contribution in [0.5, 0.6) is 11.5 Å². The highest BCUT2D eigenvalue weighted by atomic mass is 19.1. The smallest absolute Gasteiger partial charge is 0.163 e. The van der Waals surface area contributed by atoms with Gasteiger partial charge in [-0.3, -0.25) is 4.79 Å². The molecule has 0 aromatic heterocycles. The fraction of sp³-hybridized carbons (Fsp3) is 0.222. The van der Waals surface area contributed by atoms with Crippen molar-refractivity contribution in [2.24, 2.45) is 0 Å². The Hall–Kier alpha value is -3.80. The van der Waals surface area contributed by atoms with Crippen LogP contribution in [-0.2, 0) is 4.79 Å². The summed E-state index contributed by atoms with van der Waals surface area (Å²) in [5.74, 6) is 1.07. The Morgan fingerprint density at radius 2 is 1.55 bits per heavy atom.